The fourth-order valence-electron chi connectivity index (χ4n) is 3.22. The minimum atomic E-state index is -1.35. The molecule has 2 aliphatic rings. The number of aryl methyl sites for hydroxylation is 1. The van der Waals surface area contributed by atoms with E-state index in [9.17, 15) is 4.79 Å². The number of ether oxygens (including phenoxy) is 1. The van der Waals surface area contributed by atoms with E-state index in [1.165, 1.54) is 11.8 Å². The maximum Gasteiger partial charge on any atom is 0.225 e. The van der Waals surface area contributed by atoms with Crippen LogP contribution in [0, 0.1) is 12.8 Å². The molecule has 0 aliphatic carbocycles. The van der Waals surface area contributed by atoms with Crippen LogP contribution >= 0.6 is 11.8 Å². The van der Waals surface area contributed by atoms with E-state index in [-0.39, 0.29) is 18.4 Å². The normalized spacial score (nSPS) is 22.8. The van der Waals surface area contributed by atoms with Crippen molar-refractivity contribution in [3.8, 4) is 0 Å². The molecule has 3 heterocycles. The van der Waals surface area contributed by atoms with Crippen LogP contribution in [-0.4, -0.2) is 60.6 Å². The Kier molecular flexibility index (Phi) is 5.78. The molecule has 6 nitrogen and oxygen atoms in total. The summed E-state index contributed by atoms with van der Waals surface area (Å²) in [6.07, 6.45) is 3.43. The molecule has 1 aromatic heterocycles. The zero-order chi connectivity index (χ0) is 17.9. The van der Waals surface area contributed by atoms with Crippen LogP contribution in [0.25, 0.3) is 0 Å². The van der Waals surface area contributed by atoms with E-state index in [0.717, 1.165) is 23.1 Å². The summed E-state index contributed by atoms with van der Waals surface area (Å²) in [4.78, 5) is 23.0. The Hall–Kier alpha value is -1.41. The zero-order valence-electron chi connectivity index (χ0n) is 14.8. The number of carbonyl (C=O) groups excluding carboxylic acids is 1. The molecule has 0 bridgehead atoms. The minimum absolute atomic E-state index is 0.0784. The number of rotatable bonds is 5. The highest BCUT2D eigenvalue weighted by molar-refractivity contribution is 7.98. The van der Waals surface area contributed by atoms with Crippen molar-refractivity contribution in [3.05, 3.63) is 11.8 Å². The number of thioether (sulfide) groups is 1. The first-order valence-electron chi connectivity index (χ1n) is 8.68. The van der Waals surface area contributed by atoms with Crippen LogP contribution in [0.1, 0.15) is 25.0 Å². The van der Waals surface area contributed by atoms with E-state index in [1.807, 2.05) is 19.2 Å². The average molecular weight is 368 g/mol. The molecule has 2 saturated heterocycles. The number of nitrogens with one attached hydrogen (secondary N) is 1. The van der Waals surface area contributed by atoms with Crippen molar-refractivity contribution in [2.24, 2.45) is 5.92 Å². The van der Waals surface area contributed by atoms with E-state index in [4.69, 9.17) is 4.74 Å². The number of halogens is 1. The van der Waals surface area contributed by atoms with Gasteiger partial charge in [-0.1, -0.05) is 11.8 Å². The van der Waals surface area contributed by atoms with Gasteiger partial charge in [-0.25, -0.2) is 14.4 Å². The topological polar surface area (TPSA) is 67.4 Å². The predicted molar refractivity (Wildman–Crippen MR) is 95.8 cm³/mol. The smallest absolute Gasteiger partial charge is 0.225 e. The molecule has 1 aromatic rings. The van der Waals surface area contributed by atoms with Gasteiger partial charge in [0.15, 0.2) is 5.16 Å². The average Bonchev–Trinajstić information content (AvgIpc) is 3.14. The summed E-state index contributed by atoms with van der Waals surface area (Å²) < 4.78 is 20.2. The van der Waals surface area contributed by atoms with Crippen molar-refractivity contribution >= 4 is 23.5 Å². The summed E-state index contributed by atoms with van der Waals surface area (Å²) in [5.74, 6) is 0.636. The van der Waals surface area contributed by atoms with Gasteiger partial charge >= 0.3 is 0 Å². The van der Waals surface area contributed by atoms with Gasteiger partial charge < -0.3 is 15.0 Å². The first kappa shape index (κ1) is 18.4. The maximum atomic E-state index is 15.0. The fraction of sp³-hybridized carbons (Fsp3) is 0.706. The molecule has 1 atom stereocenters. The molecule has 2 aliphatic heterocycles. The number of aromatic nitrogens is 2. The monoisotopic (exact) mass is 368 g/mol. The fourth-order valence-corrected chi connectivity index (χ4v) is 3.64. The van der Waals surface area contributed by atoms with Crippen molar-refractivity contribution in [2.75, 3.05) is 44.0 Å². The number of nitrogens with zero attached hydrogens (tertiary/aromatic N) is 3. The molecule has 1 N–H and O–H groups in total. The highest BCUT2D eigenvalue weighted by Crippen LogP contribution is 2.29. The summed E-state index contributed by atoms with van der Waals surface area (Å²) in [6, 6.07) is 1.94. The number of piperidine rings is 1. The second-order valence-electron chi connectivity index (χ2n) is 6.77. The van der Waals surface area contributed by atoms with E-state index >= 15 is 4.39 Å². The van der Waals surface area contributed by atoms with E-state index in [0.29, 0.717) is 39.1 Å². The third-order valence-corrected chi connectivity index (χ3v) is 5.41. The molecule has 3 rings (SSSR count). The van der Waals surface area contributed by atoms with Crippen molar-refractivity contribution in [2.45, 2.75) is 37.0 Å². The molecule has 25 heavy (non-hydrogen) atoms. The largest absolute Gasteiger partial charge is 0.381 e. The molecule has 2 fully saturated rings. The summed E-state index contributed by atoms with van der Waals surface area (Å²) in [6.45, 7) is 4.26. The third-order valence-electron chi connectivity index (χ3n) is 4.87. The van der Waals surface area contributed by atoms with Gasteiger partial charge in [-0.2, -0.15) is 0 Å². The van der Waals surface area contributed by atoms with Crippen LogP contribution in [-0.2, 0) is 9.53 Å². The van der Waals surface area contributed by atoms with E-state index in [2.05, 4.69) is 20.2 Å². The first-order chi connectivity index (χ1) is 12.0. The lowest BCUT2D eigenvalue weighted by atomic mass is 9.93. The number of hydrogen-bond acceptors (Lipinski definition) is 6. The van der Waals surface area contributed by atoms with Crippen molar-refractivity contribution in [3.63, 3.8) is 0 Å². The van der Waals surface area contributed by atoms with Crippen LogP contribution in [0.2, 0.25) is 0 Å². The highest BCUT2D eigenvalue weighted by Gasteiger charge is 2.36. The Morgan fingerprint density at radius 3 is 2.88 bits per heavy atom. The Morgan fingerprint density at radius 2 is 2.24 bits per heavy atom. The quantitative estimate of drug-likeness (QED) is 0.633. The van der Waals surface area contributed by atoms with Crippen molar-refractivity contribution in [1.29, 1.82) is 0 Å². The standard InChI is InChI=1S/C17H25FN4O2S/c1-12-9-14(21-16(20-12)25-2)22-6-4-17(18,5-7-22)11-19-15(23)13-3-8-24-10-13/h9,13H,3-8,10-11H2,1-2H3,(H,19,23). The Morgan fingerprint density at radius 1 is 1.48 bits per heavy atom. The van der Waals surface area contributed by atoms with Gasteiger partial charge in [0.05, 0.1) is 19.1 Å². The van der Waals surface area contributed by atoms with Gasteiger partial charge in [0, 0.05) is 44.3 Å². The van der Waals surface area contributed by atoms with Gasteiger partial charge in [-0.15, -0.1) is 0 Å². The predicted octanol–water partition coefficient (Wildman–Crippen LogP) is 1.97. The molecule has 0 saturated carbocycles. The first-order valence-corrected chi connectivity index (χ1v) is 9.90. The highest BCUT2D eigenvalue weighted by atomic mass is 32.2. The number of anilines is 1. The Bertz CT molecular complexity index is 617. The lowest BCUT2D eigenvalue weighted by Crippen LogP contribution is -2.49. The molecule has 138 valence electrons. The zero-order valence-corrected chi connectivity index (χ0v) is 15.6. The van der Waals surface area contributed by atoms with Crippen molar-refractivity contribution < 1.29 is 13.9 Å². The lowest BCUT2D eigenvalue weighted by Gasteiger charge is -2.37. The molecule has 1 unspecified atom stereocenters. The molecule has 1 amide bonds. The molecule has 8 heteroatoms. The van der Waals surface area contributed by atoms with Crippen LogP contribution in [0.15, 0.2) is 11.2 Å². The number of alkyl halides is 1. The maximum absolute atomic E-state index is 15.0. The minimum Gasteiger partial charge on any atom is -0.381 e. The Labute approximate surface area is 151 Å². The number of hydrogen-bond donors (Lipinski definition) is 1. The summed E-state index contributed by atoms with van der Waals surface area (Å²) in [5.41, 5.74) is -0.437. The van der Waals surface area contributed by atoms with Crippen LogP contribution < -0.4 is 10.2 Å². The van der Waals surface area contributed by atoms with E-state index in [1.54, 1.807) is 0 Å². The second-order valence-corrected chi connectivity index (χ2v) is 7.54. The number of amides is 1. The van der Waals surface area contributed by atoms with E-state index < -0.39 is 5.67 Å². The van der Waals surface area contributed by atoms with Crippen LogP contribution in [0.4, 0.5) is 10.2 Å². The Balaban J connectivity index is 1.53. The summed E-state index contributed by atoms with van der Waals surface area (Å²) in [5, 5.41) is 3.51. The third kappa shape index (κ3) is 4.61. The summed E-state index contributed by atoms with van der Waals surface area (Å²) >= 11 is 1.50. The van der Waals surface area contributed by atoms with Gasteiger partial charge in [0.1, 0.15) is 11.5 Å². The van der Waals surface area contributed by atoms with Gasteiger partial charge in [-0.3, -0.25) is 4.79 Å². The summed E-state index contributed by atoms with van der Waals surface area (Å²) in [7, 11) is 0. The molecule has 0 aromatic carbocycles. The SMILES string of the molecule is CSc1nc(C)cc(N2CCC(F)(CNC(=O)C3CCOC3)CC2)n1. The van der Waals surface area contributed by atoms with Gasteiger partial charge in [-0.05, 0) is 19.6 Å². The second kappa shape index (κ2) is 7.86. The molecule has 0 spiro atoms. The van der Waals surface area contributed by atoms with Gasteiger partial charge in [0.2, 0.25) is 5.91 Å². The van der Waals surface area contributed by atoms with Crippen LogP contribution in [0.3, 0.4) is 0 Å². The lowest BCUT2D eigenvalue weighted by molar-refractivity contribution is -0.125. The number of carbonyl (C=O) groups is 1. The molecular formula is C17H25FN4O2S. The molecule has 0 radical (unpaired) electrons. The van der Waals surface area contributed by atoms with Crippen molar-refractivity contribution in [1.82, 2.24) is 15.3 Å². The van der Waals surface area contributed by atoms with Crippen LogP contribution in [0.5, 0.6) is 0 Å². The van der Waals surface area contributed by atoms with Gasteiger partial charge in [0.25, 0.3) is 0 Å². The molecular weight excluding hydrogens is 343 g/mol.